The maximum Gasteiger partial charge on any atom is 0.331 e. The van der Waals surface area contributed by atoms with Crippen LogP contribution in [0.5, 0.6) is 0 Å². The first-order chi connectivity index (χ1) is 5.07. The summed E-state index contributed by atoms with van der Waals surface area (Å²) < 4.78 is 0. The lowest BCUT2D eigenvalue weighted by atomic mass is 10.2. The second kappa shape index (κ2) is 4.50. The number of aliphatic carboxylic acids is 1. The molecule has 0 spiro atoms. The van der Waals surface area contributed by atoms with Crippen LogP contribution in [0.1, 0.15) is 13.8 Å². The number of carboxylic acid groups (broad SMARTS) is 1. The van der Waals surface area contributed by atoms with Crippen LogP contribution in [0.2, 0.25) is 0 Å². The topological polar surface area (TPSA) is 37.3 Å². The van der Waals surface area contributed by atoms with E-state index in [2.05, 4.69) is 6.58 Å². The molecule has 0 amide bonds. The van der Waals surface area contributed by atoms with Gasteiger partial charge in [0.2, 0.25) is 0 Å². The second-order valence-electron chi connectivity index (χ2n) is 2.27. The highest BCUT2D eigenvalue weighted by Crippen LogP contribution is 1.97. The van der Waals surface area contributed by atoms with Crippen LogP contribution in [0.25, 0.3) is 0 Å². The molecule has 0 heterocycles. The molecule has 1 N–H and O–H groups in total. The molecule has 0 fully saturated rings. The van der Waals surface area contributed by atoms with Gasteiger partial charge < -0.3 is 5.11 Å². The Bertz CT molecular complexity index is 222. The monoisotopic (exact) mass is 152 g/mol. The average Bonchev–Trinajstić information content (AvgIpc) is 1.99. The summed E-state index contributed by atoms with van der Waals surface area (Å²) in [7, 11) is 0. The number of hydrogen-bond acceptors (Lipinski definition) is 1. The molecular weight excluding hydrogens is 140 g/mol. The van der Waals surface area contributed by atoms with Crippen molar-refractivity contribution in [3.63, 3.8) is 0 Å². The number of allylic oxidation sites excluding steroid dienone is 4. The van der Waals surface area contributed by atoms with Crippen molar-refractivity contribution in [3.8, 4) is 0 Å². The molecule has 0 aromatic heterocycles. The second-order valence-corrected chi connectivity index (χ2v) is 2.27. The zero-order valence-electron chi connectivity index (χ0n) is 6.79. The van der Waals surface area contributed by atoms with Crippen LogP contribution in [0.4, 0.5) is 0 Å². The molecule has 11 heavy (non-hydrogen) atoms. The van der Waals surface area contributed by atoms with Gasteiger partial charge >= 0.3 is 5.97 Å². The van der Waals surface area contributed by atoms with Gasteiger partial charge in [-0.15, -0.1) is 0 Å². The van der Waals surface area contributed by atoms with Gasteiger partial charge in [0.05, 0.1) is 0 Å². The molecule has 2 heteroatoms. The predicted octanol–water partition coefficient (Wildman–Crippen LogP) is 2.15. The molecule has 0 unspecified atom stereocenters. The lowest BCUT2D eigenvalue weighted by Crippen LogP contribution is -1.94. The van der Waals surface area contributed by atoms with E-state index in [0.717, 1.165) is 5.57 Å². The Balaban J connectivity index is 4.34. The summed E-state index contributed by atoms with van der Waals surface area (Å²) in [5, 5.41) is 8.44. The van der Waals surface area contributed by atoms with E-state index in [9.17, 15) is 4.79 Å². The summed E-state index contributed by atoms with van der Waals surface area (Å²) in [5.74, 6) is -0.891. The molecule has 0 saturated carbocycles. The van der Waals surface area contributed by atoms with Crippen LogP contribution in [0.15, 0.2) is 36.0 Å². The highest BCUT2D eigenvalue weighted by atomic mass is 16.4. The Hall–Kier alpha value is -1.31. The smallest absolute Gasteiger partial charge is 0.331 e. The van der Waals surface area contributed by atoms with Crippen molar-refractivity contribution in [2.75, 3.05) is 0 Å². The molecule has 0 radical (unpaired) electrons. The van der Waals surface area contributed by atoms with Crippen molar-refractivity contribution < 1.29 is 9.90 Å². The van der Waals surface area contributed by atoms with Gasteiger partial charge in [0.25, 0.3) is 0 Å². The number of carboxylic acids is 1. The third-order valence-corrected chi connectivity index (χ3v) is 1.26. The fraction of sp³-hybridized carbons (Fsp3) is 0.222. The molecule has 0 saturated heterocycles. The summed E-state index contributed by atoms with van der Waals surface area (Å²) in [6.07, 6.45) is 4.95. The van der Waals surface area contributed by atoms with Gasteiger partial charge in [-0.2, -0.15) is 0 Å². The van der Waals surface area contributed by atoms with Gasteiger partial charge in [-0.05, 0) is 13.8 Å². The summed E-state index contributed by atoms with van der Waals surface area (Å²) in [5.41, 5.74) is 1.27. The lowest BCUT2D eigenvalue weighted by Gasteiger charge is -1.89. The van der Waals surface area contributed by atoms with E-state index >= 15 is 0 Å². The summed E-state index contributed by atoms with van der Waals surface area (Å²) in [6.45, 7) is 6.95. The SMILES string of the molecule is C=CC(C)=CC=C(C)C(=O)O. The minimum Gasteiger partial charge on any atom is -0.478 e. The molecule has 0 aliphatic heterocycles. The molecule has 0 aromatic rings. The Morgan fingerprint density at radius 3 is 2.27 bits per heavy atom. The standard InChI is InChI=1S/C9H12O2/c1-4-7(2)5-6-8(3)9(10)11/h4-6H,1H2,2-3H3,(H,10,11). The first-order valence-electron chi connectivity index (χ1n) is 3.29. The normalized spacial score (nSPS) is 12.9. The first kappa shape index (κ1) is 9.69. The van der Waals surface area contributed by atoms with Crippen molar-refractivity contribution >= 4 is 5.97 Å². The third-order valence-electron chi connectivity index (χ3n) is 1.26. The number of carbonyl (C=O) groups is 1. The molecule has 60 valence electrons. The fourth-order valence-electron chi connectivity index (χ4n) is 0.396. The predicted molar refractivity (Wildman–Crippen MR) is 45.3 cm³/mol. The van der Waals surface area contributed by atoms with Crippen LogP contribution in [-0.4, -0.2) is 11.1 Å². The van der Waals surface area contributed by atoms with E-state index in [-0.39, 0.29) is 0 Å². The molecule has 0 atom stereocenters. The summed E-state index contributed by atoms with van der Waals surface area (Å²) in [6, 6.07) is 0. The molecule has 0 rings (SSSR count). The van der Waals surface area contributed by atoms with Crippen LogP contribution >= 0.6 is 0 Å². The third kappa shape index (κ3) is 4.14. The van der Waals surface area contributed by atoms with Gasteiger partial charge in [0, 0.05) is 5.57 Å². The van der Waals surface area contributed by atoms with Crippen LogP contribution in [-0.2, 0) is 4.79 Å². The Labute approximate surface area is 66.5 Å². The van der Waals surface area contributed by atoms with Gasteiger partial charge in [-0.1, -0.05) is 30.4 Å². The van der Waals surface area contributed by atoms with Crippen LogP contribution < -0.4 is 0 Å². The maximum absolute atomic E-state index is 10.3. The van der Waals surface area contributed by atoms with E-state index in [1.807, 2.05) is 6.92 Å². The molecule has 0 aromatic carbocycles. The van der Waals surface area contributed by atoms with Crippen molar-refractivity contribution in [2.24, 2.45) is 0 Å². The summed E-state index contributed by atoms with van der Waals surface area (Å²) in [4.78, 5) is 10.3. The Kier molecular flexibility index (Phi) is 3.96. The van der Waals surface area contributed by atoms with Gasteiger partial charge in [-0.3, -0.25) is 0 Å². The minimum atomic E-state index is -0.891. The van der Waals surface area contributed by atoms with Crippen molar-refractivity contribution in [3.05, 3.63) is 36.0 Å². The Morgan fingerprint density at radius 2 is 1.91 bits per heavy atom. The van der Waals surface area contributed by atoms with Crippen molar-refractivity contribution in [2.45, 2.75) is 13.8 Å². The van der Waals surface area contributed by atoms with Crippen molar-refractivity contribution in [1.82, 2.24) is 0 Å². The lowest BCUT2D eigenvalue weighted by molar-refractivity contribution is -0.132. The van der Waals surface area contributed by atoms with Gasteiger partial charge in [0.1, 0.15) is 0 Å². The zero-order valence-corrected chi connectivity index (χ0v) is 6.79. The molecule has 0 aliphatic carbocycles. The summed E-state index contributed by atoms with van der Waals surface area (Å²) >= 11 is 0. The van der Waals surface area contributed by atoms with E-state index in [1.165, 1.54) is 0 Å². The highest BCUT2D eigenvalue weighted by molar-refractivity contribution is 5.86. The fourth-order valence-corrected chi connectivity index (χ4v) is 0.396. The zero-order chi connectivity index (χ0) is 8.85. The largest absolute Gasteiger partial charge is 0.478 e. The molecule has 0 bridgehead atoms. The van der Waals surface area contributed by atoms with Crippen LogP contribution in [0.3, 0.4) is 0 Å². The average molecular weight is 152 g/mol. The van der Waals surface area contributed by atoms with Gasteiger partial charge in [-0.25, -0.2) is 4.79 Å². The van der Waals surface area contributed by atoms with Gasteiger partial charge in [0.15, 0.2) is 0 Å². The maximum atomic E-state index is 10.3. The number of rotatable bonds is 3. The van der Waals surface area contributed by atoms with E-state index in [1.54, 1.807) is 25.2 Å². The van der Waals surface area contributed by atoms with Crippen LogP contribution in [0, 0.1) is 0 Å². The quantitative estimate of drug-likeness (QED) is 0.497. The molecular formula is C9H12O2. The van der Waals surface area contributed by atoms with E-state index in [4.69, 9.17) is 5.11 Å². The molecule has 0 aliphatic rings. The first-order valence-corrected chi connectivity index (χ1v) is 3.29. The van der Waals surface area contributed by atoms with E-state index < -0.39 is 5.97 Å². The van der Waals surface area contributed by atoms with Crippen molar-refractivity contribution in [1.29, 1.82) is 0 Å². The highest BCUT2D eigenvalue weighted by Gasteiger charge is 1.95. The minimum absolute atomic E-state index is 0.325. The van der Waals surface area contributed by atoms with E-state index in [0.29, 0.717) is 5.57 Å². The number of hydrogen-bond donors (Lipinski definition) is 1. The Morgan fingerprint density at radius 1 is 1.36 bits per heavy atom. The molecule has 2 nitrogen and oxygen atoms in total.